The average Bonchev–Trinajstić information content (AvgIpc) is 2.73. The first-order chi connectivity index (χ1) is 14.5. The van der Waals surface area contributed by atoms with E-state index in [4.69, 9.17) is 21.1 Å². The number of piperazine rings is 1. The van der Waals surface area contributed by atoms with Crippen molar-refractivity contribution in [2.45, 2.75) is 6.92 Å². The van der Waals surface area contributed by atoms with Gasteiger partial charge in [-0.2, -0.15) is 0 Å². The molecule has 2 aromatic rings. The largest absolute Gasteiger partial charge is 0.493 e. The van der Waals surface area contributed by atoms with Crippen molar-refractivity contribution < 1.29 is 19.1 Å². The highest BCUT2D eigenvalue weighted by Gasteiger charge is 2.18. The van der Waals surface area contributed by atoms with E-state index < -0.39 is 0 Å². The molecular formula is C22H24ClN3O4. The second kappa shape index (κ2) is 10.0. The standard InChI is InChI=1S/C22H24ClN3O4/c1-3-30-20-12-15(4-8-19(20)29-2)5-9-21(27)25-16-6-7-18(17(23)13-16)26-11-10-24-22(28)14-26/h4-9,12-13H,3,10-11,14H2,1-2H3,(H,24,28)(H,25,27). The van der Waals surface area contributed by atoms with Gasteiger partial charge in [0.25, 0.3) is 0 Å². The van der Waals surface area contributed by atoms with Crippen LogP contribution in [0.1, 0.15) is 12.5 Å². The zero-order valence-corrected chi connectivity index (χ0v) is 17.7. The smallest absolute Gasteiger partial charge is 0.248 e. The van der Waals surface area contributed by atoms with E-state index >= 15 is 0 Å². The molecule has 0 aromatic heterocycles. The topological polar surface area (TPSA) is 79.9 Å². The SMILES string of the molecule is CCOc1cc(C=CC(=O)Nc2ccc(N3CCNC(=O)C3)c(Cl)c2)ccc1OC. The van der Waals surface area contributed by atoms with Gasteiger partial charge in [0.05, 0.1) is 31.0 Å². The van der Waals surface area contributed by atoms with Crippen molar-refractivity contribution in [3.8, 4) is 11.5 Å². The van der Waals surface area contributed by atoms with Crippen molar-refractivity contribution in [2.24, 2.45) is 0 Å². The van der Waals surface area contributed by atoms with Crippen LogP contribution in [0.4, 0.5) is 11.4 Å². The van der Waals surface area contributed by atoms with Crippen LogP contribution in [-0.2, 0) is 9.59 Å². The Hall–Kier alpha value is -3.19. The average molecular weight is 430 g/mol. The molecule has 2 aromatic carbocycles. The Morgan fingerprint density at radius 2 is 2.10 bits per heavy atom. The van der Waals surface area contributed by atoms with Gasteiger partial charge in [0.2, 0.25) is 11.8 Å². The van der Waals surface area contributed by atoms with Gasteiger partial charge in [-0.15, -0.1) is 0 Å². The molecule has 0 unspecified atom stereocenters. The van der Waals surface area contributed by atoms with E-state index in [1.807, 2.05) is 24.0 Å². The third kappa shape index (κ3) is 5.45. The Kier molecular flexibility index (Phi) is 7.19. The lowest BCUT2D eigenvalue weighted by atomic mass is 10.2. The van der Waals surface area contributed by atoms with Crippen LogP contribution < -0.4 is 25.0 Å². The number of nitrogens with zero attached hydrogens (tertiary/aromatic N) is 1. The van der Waals surface area contributed by atoms with Crippen LogP contribution in [-0.4, -0.2) is 45.2 Å². The number of benzene rings is 2. The van der Waals surface area contributed by atoms with Gasteiger partial charge in [-0.3, -0.25) is 9.59 Å². The molecule has 1 aliphatic rings. The molecule has 0 bridgehead atoms. The Balaban J connectivity index is 1.65. The van der Waals surface area contributed by atoms with Crippen LogP contribution in [0, 0.1) is 0 Å². The molecule has 0 aliphatic carbocycles. The number of amides is 2. The fourth-order valence-corrected chi connectivity index (χ4v) is 3.41. The lowest BCUT2D eigenvalue weighted by molar-refractivity contribution is -0.120. The van der Waals surface area contributed by atoms with Gasteiger partial charge in [0.15, 0.2) is 11.5 Å². The molecule has 158 valence electrons. The van der Waals surface area contributed by atoms with Crippen LogP contribution in [0.5, 0.6) is 11.5 Å². The molecule has 8 heteroatoms. The molecule has 30 heavy (non-hydrogen) atoms. The van der Waals surface area contributed by atoms with E-state index in [1.54, 1.807) is 37.5 Å². The van der Waals surface area contributed by atoms with E-state index in [1.165, 1.54) is 6.08 Å². The molecule has 1 heterocycles. The summed E-state index contributed by atoms with van der Waals surface area (Å²) in [7, 11) is 1.58. The molecular weight excluding hydrogens is 406 g/mol. The molecule has 0 radical (unpaired) electrons. The molecule has 0 atom stereocenters. The molecule has 1 aliphatic heterocycles. The number of ether oxygens (including phenoxy) is 2. The minimum absolute atomic E-state index is 0.0362. The summed E-state index contributed by atoms with van der Waals surface area (Å²) >= 11 is 6.37. The normalized spacial score (nSPS) is 13.8. The predicted molar refractivity (Wildman–Crippen MR) is 119 cm³/mol. The summed E-state index contributed by atoms with van der Waals surface area (Å²) in [5.41, 5.74) is 2.15. The van der Waals surface area contributed by atoms with Gasteiger partial charge in [-0.05, 0) is 48.9 Å². The summed E-state index contributed by atoms with van der Waals surface area (Å²) in [4.78, 5) is 25.8. The predicted octanol–water partition coefficient (Wildman–Crippen LogP) is 3.34. The number of methoxy groups -OCH3 is 1. The molecule has 2 N–H and O–H groups in total. The minimum atomic E-state index is -0.287. The number of nitrogens with one attached hydrogen (secondary N) is 2. The highest BCUT2D eigenvalue weighted by molar-refractivity contribution is 6.33. The third-order valence-corrected chi connectivity index (χ3v) is 4.81. The summed E-state index contributed by atoms with van der Waals surface area (Å²) in [6, 6.07) is 10.7. The van der Waals surface area contributed by atoms with Crippen molar-refractivity contribution in [2.75, 3.05) is 43.6 Å². The van der Waals surface area contributed by atoms with Gasteiger partial charge in [-0.1, -0.05) is 17.7 Å². The van der Waals surface area contributed by atoms with Crippen LogP contribution in [0.3, 0.4) is 0 Å². The van der Waals surface area contributed by atoms with Gasteiger partial charge in [0, 0.05) is 24.9 Å². The Morgan fingerprint density at radius 1 is 1.27 bits per heavy atom. The maximum atomic E-state index is 12.3. The maximum Gasteiger partial charge on any atom is 0.248 e. The van der Waals surface area contributed by atoms with E-state index in [0.29, 0.717) is 41.9 Å². The van der Waals surface area contributed by atoms with Crippen LogP contribution in [0.2, 0.25) is 5.02 Å². The zero-order chi connectivity index (χ0) is 21.5. The summed E-state index contributed by atoms with van der Waals surface area (Å²) in [5, 5.41) is 6.05. The fourth-order valence-electron chi connectivity index (χ4n) is 3.11. The summed E-state index contributed by atoms with van der Waals surface area (Å²) < 4.78 is 10.8. The highest BCUT2D eigenvalue weighted by atomic mass is 35.5. The lowest BCUT2D eigenvalue weighted by Gasteiger charge is -2.29. The van der Waals surface area contributed by atoms with Crippen molar-refractivity contribution in [1.82, 2.24) is 5.32 Å². The minimum Gasteiger partial charge on any atom is -0.493 e. The number of hydrogen-bond acceptors (Lipinski definition) is 5. The molecule has 1 fully saturated rings. The number of carbonyl (C=O) groups is 2. The summed E-state index contributed by atoms with van der Waals surface area (Å²) in [6.07, 6.45) is 3.13. The molecule has 0 spiro atoms. The van der Waals surface area contributed by atoms with Crippen molar-refractivity contribution in [3.63, 3.8) is 0 Å². The Morgan fingerprint density at radius 3 is 2.80 bits per heavy atom. The molecule has 1 saturated heterocycles. The second-order valence-electron chi connectivity index (χ2n) is 6.60. The van der Waals surface area contributed by atoms with Crippen LogP contribution in [0.15, 0.2) is 42.5 Å². The van der Waals surface area contributed by atoms with E-state index in [0.717, 1.165) is 11.3 Å². The second-order valence-corrected chi connectivity index (χ2v) is 7.01. The quantitative estimate of drug-likeness (QED) is 0.660. The first-order valence-corrected chi connectivity index (χ1v) is 9.99. The van der Waals surface area contributed by atoms with Crippen molar-refractivity contribution in [1.29, 1.82) is 0 Å². The molecule has 2 amide bonds. The molecule has 3 rings (SSSR count). The number of hydrogen-bond donors (Lipinski definition) is 2. The maximum absolute atomic E-state index is 12.3. The number of rotatable bonds is 7. The van der Waals surface area contributed by atoms with Gasteiger partial charge < -0.3 is 25.0 Å². The third-order valence-electron chi connectivity index (χ3n) is 4.51. The van der Waals surface area contributed by atoms with E-state index in [9.17, 15) is 9.59 Å². The van der Waals surface area contributed by atoms with Crippen LogP contribution >= 0.6 is 11.6 Å². The molecule has 0 saturated carbocycles. The molecule has 7 nitrogen and oxygen atoms in total. The lowest BCUT2D eigenvalue weighted by Crippen LogP contribution is -2.47. The van der Waals surface area contributed by atoms with Gasteiger partial charge in [-0.25, -0.2) is 0 Å². The number of anilines is 2. The van der Waals surface area contributed by atoms with Gasteiger partial charge in [0.1, 0.15) is 0 Å². The summed E-state index contributed by atoms with van der Waals surface area (Å²) in [6.45, 7) is 3.94. The highest BCUT2D eigenvalue weighted by Crippen LogP contribution is 2.30. The number of halogens is 1. The fraction of sp³-hybridized carbons (Fsp3) is 0.273. The van der Waals surface area contributed by atoms with E-state index in [2.05, 4.69) is 10.6 Å². The van der Waals surface area contributed by atoms with Crippen molar-refractivity contribution in [3.05, 3.63) is 53.1 Å². The first-order valence-electron chi connectivity index (χ1n) is 9.61. The summed E-state index contributed by atoms with van der Waals surface area (Å²) in [5.74, 6) is 0.937. The zero-order valence-electron chi connectivity index (χ0n) is 16.9. The monoisotopic (exact) mass is 429 g/mol. The Bertz CT molecular complexity index is 961. The van der Waals surface area contributed by atoms with Gasteiger partial charge >= 0.3 is 0 Å². The Labute approximate surface area is 180 Å². The van der Waals surface area contributed by atoms with Crippen LogP contribution in [0.25, 0.3) is 6.08 Å². The number of carbonyl (C=O) groups excluding carboxylic acids is 2. The first kappa shape index (κ1) is 21.5. The van der Waals surface area contributed by atoms with E-state index in [-0.39, 0.29) is 18.4 Å². The van der Waals surface area contributed by atoms with Crippen molar-refractivity contribution >= 4 is 40.9 Å².